The largest absolute Gasteiger partial charge is 0.497 e. The summed E-state index contributed by atoms with van der Waals surface area (Å²) in [5.74, 6) is 0.781. The van der Waals surface area contributed by atoms with E-state index in [4.69, 9.17) is 21.7 Å². The summed E-state index contributed by atoms with van der Waals surface area (Å²) < 4.78 is 12.4. The van der Waals surface area contributed by atoms with E-state index in [-0.39, 0.29) is 11.5 Å². The zero-order valence-corrected chi connectivity index (χ0v) is 18.1. The number of anilines is 1. The van der Waals surface area contributed by atoms with Crippen molar-refractivity contribution in [3.63, 3.8) is 0 Å². The van der Waals surface area contributed by atoms with E-state index >= 15 is 0 Å². The highest BCUT2D eigenvalue weighted by atomic mass is 32.1. The molecule has 0 aliphatic carbocycles. The fourth-order valence-electron chi connectivity index (χ4n) is 3.21. The number of H-pyrrole nitrogens is 1. The number of rotatable bonds is 8. The van der Waals surface area contributed by atoms with Crippen LogP contribution < -0.4 is 20.3 Å². The van der Waals surface area contributed by atoms with Gasteiger partial charge in [0.1, 0.15) is 11.5 Å². The van der Waals surface area contributed by atoms with Crippen molar-refractivity contribution >= 4 is 34.7 Å². The maximum Gasteiger partial charge on any atom is 0.262 e. The van der Waals surface area contributed by atoms with Gasteiger partial charge in [-0.25, -0.2) is 0 Å². The molecule has 0 bridgehead atoms. The normalized spacial score (nSPS) is 10.8. The predicted molar refractivity (Wildman–Crippen MR) is 120 cm³/mol. The minimum Gasteiger partial charge on any atom is -0.497 e. The van der Waals surface area contributed by atoms with Crippen molar-refractivity contribution in [3.05, 3.63) is 57.1 Å². The van der Waals surface area contributed by atoms with Crippen molar-refractivity contribution in [2.45, 2.75) is 32.7 Å². The number of fused-ring (bicyclic) bond motifs is 1. The van der Waals surface area contributed by atoms with Crippen molar-refractivity contribution < 1.29 is 14.3 Å². The van der Waals surface area contributed by atoms with E-state index in [1.165, 1.54) is 7.11 Å². The molecule has 0 unspecified atom stereocenters. The maximum absolute atomic E-state index is 12.8. The molecule has 0 saturated heterocycles. The fraction of sp³-hybridized carbons (Fsp3) is 0.318. The Hall–Kier alpha value is -3.13. The molecule has 0 aliphatic heterocycles. The molecule has 0 fully saturated rings. The minimum atomic E-state index is -0.327. The summed E-state index contributed by atoms with van der Waals surface area (Å²) in [6.07, 6.45) is 2.99. The molecule has 30 heavy (non-hydrogen) atoms. The summed E-state index contributed by atoms with van der Waals surface area (Å²) in [4.78, 5) is 28.7. The van der Waals surface area contributed by atoms with Gasteiger partial charge in [0.25, 0.3) is 11.5 Å². The van der Waals surface area contributed by atoms with Gasteiger partial charge < -0.3 is 19.8 Å². The zero-order valence-electron chi connectivity index (χ0n) is 17.3. The Morgan fingerprint density at radius 2 is 1.93 bits per heavy atom. The number of carbonyl (C=O) groups is 1. The molecule has 1 heterocycles. The van der Waals surface area contributed by atoms with E-state index < -0.39 is 0 Å². The van der Waals surface area contributed by atoms with E-state index in [0.29, 0.717) is 45.0 Å². The van der Waals surface area contributed by atoms with Crippen LogP contribution in [-0.2, 0) is 6.54 Å². The molecule has 0 radical (unpaired) electrons. The van der Waals surface area contributed by atoms with Gasteiger partial charge in [-0.3, -0.25) is 14.2 Å². The molecule has 2 aromatic carbocycles. The van der Waals surface area contributed by atoms with Gasteiger partial charge in [0.15, 0.2) is 4.77 Å². The number of nitrogens with zero attached hydrogens (tertiary/aromatic N) is 1. The highest BCUT2D eigenvalue weighted by molar-refractivity contribution is 7.71. The molecule has 3 aromatic rings. The number of carbonyl (C=O) groups excluding carboxylic acids is 1. The van der Waals surface area contributed by atoms with Crippen LogP contribution >= 0.6 is 12.2 Å². The Labute approximate surface area is 179 Å². The van der Waals surface area contributed by atoms with Gasteiger partial charge in [0.2, 0.25) is 0 Å². The highest BCUT2D eigenvalue weighted by Gasteiger charge is 2.13. The number of amides is 1. The lowest BCUT2D eigenvalue weighted by atomic mass is 10.1. The van der Waals surface area contributed by atoms with Gasteiger partial charge in [-0.15, -0.1) is 0 Å². The number of aromatic amines is 1. The van der Waals surface area contributed by atoms with Crippen molar-refractivity contribution in [1.29, 1.82) is 0 Å². The number of aromatic nitrogens is 2. The van der Waals surface area contributed by atoms with Gasteiger partial charge >= 0.3 is 0 Å². The van der Waals surface area contributed by atoms with Crippen LogP contribution in [0.4, 0.5) is 5.69 Å². The number of benzene rings is 2. The number of unbranched alkanes of at least 4 members (excludes halogenated alkanes) is 2. The molecular formula is C22H25N3O4S. The topological polar surface area (TPSA) is 85.3 Å². The van der Waals surface area contributed by atoms with E-state index in [1.54, 1.807) is 48.1 Å². The van der Waals surface area contributed by atoms with Gasteiger partial charge in [-0.05, 0) is 49.0 Å². The van der Waals surface area contributed by atoms with Crippen molar-refractivity contribution in [2.24, 2.45) is 0 Å². The van der Waals surface area contributed by atoms with Gasteiger partial charge in [-0.1, -0.05) is 19.8 Å². The van der Waals surface area contributed by atoms with Crippen LogP contribution in [0.5, 0.6) is 11.5 Å². The quantitative estimate of drug-likeness (QED) is 0.408. The Kier molecular flexibility index (Phi) is 6.89. The Morgan fingerprint density at radius 3 is 2.63 bits per heavy atom. The first-order valence-electron chi connectivity index (χ1n) is 9.78. The van der Waals surface area contributed by atoms with Crippen LogP contribution in [0.15, 0.2) is 41.2 Å². The lowest BCUT2D eigenvalue weighted by molar-refractivity contribution is 0.102. The van der Waals surface area contributed by atoms with Crippen LogP contribution in [0.25, 0.3) is 10.9 Å². The van der Waals surface area contributed by atoms with Gasteiger partial charge in [0.05, 0.1) is 30.8 Å². The monoisotopic (exact) mass is 427 g/mol. The predicted octanol–water partition coefficient (Wildman–Crippen LogP) is 4.52. The lowest BCUT2D eigenvalue weighted by Crippen LogP contribution is -2.22. The Bertz CT molecular complexity index is 1180. The average molecular weight is 428 g/mol. The van der Waals surface area contributed by atoms with E-state index in [0.717, 1.165) is 19.3 Å². The van der Waals surface area contributed by atoms with Crippen molar-refractivity contribution in [3.8, 4) is 11.5 Å². The molecule has 1 amide bonds. The first-order chi connectivity index (χ1) is 14.5. The Morgan fingerprint density at radius 1 is 1.13 bits per heavy atom. The zero-order chi connectivity index (χ0) is 21.7. The minimum absolute atomic E-state index is 0.145. The molecular weight excluding hydrogens is 402 g/mol. The first kappa shape index (κ1) is 21.6. The second kappa shape index (κ2) is 9.58. The molecule has 0 aliphatic rings. The molecule has 3 rings (SSSR count). The van der Waals surface area contributed by atoms with Crippen molar-refractivity contribution in [1.82, 2.24) is 9.55 Å². The standard InChI is InChI=1S/C22H25N3O4S/c1-4-5-6-11-25-21(27)16-9-7-14(12-18(16)24-22(25)30)20(26)23-17-10-8-15(28-2)13-19(17)29-3/h7-10,12-13H,4-6,11H2,1-3H3,(H,23,26)(H,24,30). The maximum atomic E-state index is 12.8. The summed E-state index contributed by atoms with van der Waals surface area (Å²) in [6.45, 7) is 2.69. The Balaban J connectivity index is 1.90. The van der Waals surface area contributed by atoms with Crippen LogP contribution in [0.2, 0.25) is 0 Å². The third-order valence-corrected chi connectivity index (χ3v) is 5.21. The average Bonchev–Trinajstić information content (AvgIpc) is 2.75. The summed E-state index contributed by atoms with van der Waals surface area (Å²) in [7, 11) is 3.08. The van der Waals surface area contributed by atoms with E-state index in [9.17, 15) is 9.59 Å². The summed E-state index contributed by atoms with van der Waals surface area (Å²) in [5, 5.41) is 3.32. The number of nitrogens with one attached hydrogen (secondary N) is 2. The molecule has 0 spiro atoms. The lowest BCUT2D eigenvalue weighted by Gasteiger charge is -2.12. The molecule has 0 saturated carbocycles. The summed E-state index contributed by atoms with van der Waals surface area (Å²) in [5.41, 5.74) is 1.30. The SMILES string of the molecule is CCCCCn1c(=S)[nH]c2cc(C(=O)Nc3ccc(OC)cc3OC)ccc2c1=O. The third kappa shape index (κ3) is 4.54. The van der Waals surface area contributed by atoms with Crippen LogP contribution in [0.3, 0.4) is 0 Å². The first-order valence-corrected chi connectivity index (χ1v) is 10.2. The summed E-state index contributed by atoms with van der Waals surface area (Å²) in [6, 6.07) is 10.0. The number of hydrogen-bond acceptors (Lipinski definition) is 5. The number of hydrogen-bond donors (Lipinski definition) is 2. The highest BCUT2D eigenvalue weighted by Crippen LogP contribution is 2.29. The molecule has 2 N–H and O–H groups in total. The van der Waals surface area contributed by atoms with Crippen LogP contribution in [0, 0.1) is 4.77 Å². The second-order valence-electron chi connectivity index (χ2n) is 6.87. The second-order valence-corrected chi connectivity index (χ2v) is 7.26. The fourth-order valence-corrected chi connectivity index (χ4v) is 3.50. The van der Waals surface area contributed by atoms with Gasteiger partial charge in [-0.2, -0.15) is 0 Å². The van der Waals surface area contributed by atoms with Crippen LogP contribution in [0.1, 0.15) is 36.5 Å². The number of ether oxygens (including phenoxy) is 2. The molecule has 158 valence electrons. The molecule has 1 aromatic heterocycles. The van der Waals surface area contributed by atoms with E-state index in [1.807, 2.05) is 0 Å². The van der Waals surface area contributed by atoms with E-state index in [2.05, 4.69) is 17.2 Å². The molecule has 0 atom stereocenters. The number of methoxy groups -OCH3 is 2. The molecule has 8 heteroatoms. The van der Waals surface area contributed by atoms with Gasteiger partial charge in [0, 0.05) is 18.2 Å². The van der Waals surface area contributed by atoms with Crippen molar-refractivity contribution in [2.75, 3.05) is 19.5 Å². The smallest absolute Gasteiger partial charge is 0.262 e. The van der Waals surface area contributed by atoms with Crippen LogP contribution in [-0.4, -0.2) is 29.7 Å². The summed E-state index contributed by atoms with van der Waals surface area (Å²) >= 11 is 5.37. The third-order valence-electron chi connectivity index (χ3n) is 4.89. The molecule has 7 nitrogen and oxygen atoms in total.